The van der Waals surface area contributed by atoms with Crippen LogP contribution in [0.2, 0.25) is 0 Å². The zero-order valence-corrected chi connectivity index (χ0v) is 13.7. The van der Waals surface area contributed by atoms with Gasteiger partial charge in [-0.25, -0.2) is 0 Å². The minimum absolute atomic E-state index is 0.206. The first kappa shape index (κ1) is 15.6. The Labute approximate surface area is 125 Å². The third-order valence-electron chi connectivity index (χ3n) is 4.58. The molecule has 0 radical (unpaired) electrons. The quantitative estimate of drug-likeness (QED) is 0.809. The van der Waals surface area contributed by atoms with Gasteiger partial charge in [0.1, 0.15) is 0 Å². The van der Waals surface area contributed by atoms with Gasteiger partial charge in [-0.3, -0.25) is 0 Å². The predicted octanol–water partition coefficient (Wildman–Crippen LogP) is 5.05. The minimum atomic E-state index is 0.206. The Hall–Kier alpha value is -0.820. The zero-order valence-electron chi connectivity index (χ0n) is 13.7. The maximum Gasteiger partial charge on any atom is 0.00967 e. The Morgan fingerprint density at radius 1 is 1.05 bits per heavy atom. The van der Waals surface area contributed by atoms with Gasteiger partial charge in [0.05, 0.1) is 0 Å². The van der Waals surface area contributed by atoms with E-state index in [1.54, 1.807) is 0 Å². The standard InChI is InChI=1S/C19H31N/c1-15-10-12-17(13-11-15)18(14-20-19(2,3)4)16-8-6-5-7-9-16/h10-13,16,18,20H,5-9,14H2,1-4H3. The molecule has 0 aliphatic heterocycles. The normalized spacial score (nSPS) is 19.0. The molecule has 1 aromatic carbocycles. The van der Waals surface area contributed by atoms with Crippen LogP contribution in [0.5, 0.6) is 0 Å². The summed E-state index contributed by atoms with van der Waals surface area (Å²) in [5.74, 6) is 1.54. The fraction of sp³-hybridized carbons (Fsp3) is 0.684. The molecule has 1 aliphatic rings. The topological polar surface area (TPSA) is 12.0 Å². The molecular formula is C19H31N. The Balaban J connectivity index is 2.12. The van der Waals surface area contributed by atoms with E-state index in [1.807, 2.05) is 0 Å². The highest BCUT2D eigenvalue weighted by atomic mass is 14.9. The van der Waals surface area contributed by atoms with E-state index in [0.717, 1.165) is 12.5 Å². The van der Waals surface area contributed by atoms with Crippen LogP contribution in [0, 0.1) is 12.8 Å². The second-order valence-corrected chi connectivity index (χ2v) is 7.55. The summed E-state index contributed by atoms with van der Waals surface area (Å²) >= 11 is 0. The molecule has 1 nitrogen and oxygen atoms in total. The van der Waals surface area contributed by atoms with Gasteiger partial charge in [-0.1, -0.05) is 49.1 Å². The molecule has 20 heavy (non-hydrogen) atoms. The highest BCUT2D eigenvalue weighted by Gasteiger charge is 2.26. The van der Waals surface area contributed by atoms with Crippen LogP contribution >= 0.6 is 0 Å². The van der Waals surface area contributed by atoms with Gasteiger partial charge in [0.25, 0.3) is 0 Å². The number of benzene rings is 1. The average Bonchev–Trinajstić information content (AvgIpc) is 2.41. The van der Waals surface area contributed by atoms with E-state index < -0.39 is 0 Å². The summed E-state index contributed by atoms with van der Waals surface area (Å²) in [6, 6.07) is 9.22. The van der Waals surface area contributed by atoms with Crippen LogP contribution in [0.1, 0.15) is 69.9 Å². The predicted molar refractivity (Wildman–Crippen MR) is 88.3 cm³/mol. The largest absolute Gasteiger partial charge is 0.311 e. The first-order valence-corrected chi connectivity index (χ1v) is 8.27. The third kappa shape index (κ3) is 4.63. The SMILES string of the molecule is Cc1ccc(C(CNC(C)(C)C)C2CCCCC2)cc1. The zero-order chi connectivity index (χ0) is 14.6. The molecular weight excluding hydrogens is 242 g/mol. The van der Waals surface area contributed by atoms with E-state index in [9.17, 15) is 0 Å². The smallest absolute Gasteiger partial charge is 0.00967 e. The molecule has 0 amide bonds. The summed E-state index contributed by atoms with van der Waals surface area (Å²) in [6.45, 7) is 10.1. The molecule has 1 saturated carbocycles. The van der Waals surface area contributed by atoms with Gasteiger partial charge >= 0.3 is 0 Å². The van der Waals surface area contributed by atoms with Gasteiger partial charge in [0.2, 0.25) is 0 Å². The first-order chi connectivity index (χ1) is 9.46. The summed E-state index contributed by atoms with van der Waals surface area (Å²) < 4.78 is 0. The molecule has 2 rings (SSSR count). The maximum atomic E-state index is 3.73. The summed E-state index contributed by atoms with van der Waals surface area (Å²) in [5.41, 5.74) is 3.09. The van der Waals surface area contributed by atoms with Gasteiger partial charge < -0.3 is 5.32 Å². The van der Waals surface area contributed by atoms with E-state index in [4.69, 9.17) is 0 Å². The molecule has 0 saturated heterocycles. The van der Waals surface area contributed by atoms with Crippen molar-refractivity contribution in [2.75, 3.05) is 6.54 Å². The highest BCUT2D eigenvalue weighted by molar-refractivity contribution is 5.25. The molecule has 0 spiro atoms. The molecule has 1 N–H and O–H groups in total. The maximum absolute atomic E-state index is 3.73. The summed E-state index contributed by atoms with van der Waals surface area (Å²) in [5, 5.41) is 3.73. The van der Waals surface area contributed by atoms with Crippen LogP contribution in [0.15, 0.2) is 24.3 Å². The van der Waals surface area contributed by atoms with Gasteiger partial charge in [-0.15, -0.1) is 0 Å². The van der Waals surface area contributed by atoms with Crippen molar-refractivity contribution in [3.05, 3.63) is 35.4 Å². The molecule has 1 heteroatoms. The van der Waals surface area contributed by atoms with E-state index in [-0.39, 0.29) is 5.54 Å². The second kappa shape index (κ2) is 6.76. The molecule has 112 valence electrons. The van der Waals surface area contributed by atoms with Crippen LogP contribution < -0.4 is 5.32 Å². The lowest BCUT2D eigenvalue weighted by molar-refractivity contribution is 0.280. The molecule has 0 aromatic heterocycles. The summed E-state index contributed by atoms with van der Waals surface area (Å²) in [7, 11) is 0. The molecule has 1 aromatic rings. The Morgan fingerprint density at radius 3 is 2.20 bits per heavy atom. The molecule has 1 unspecified atom stereocenters. The van der Waals surface area contributed by atoms with Crippen molar-refractivity contribution in [1.29, 1.82) is 0 Å². The Kier molecular flexibility index (Phi) is 5.26. The lowest BCUT2D eigenvalue weighted by Gasteiger charge is -2.33. The van der Waals surface area contributed by atoms with E-state index >= 15 is 0 Å². The molecule has 1 fully saturated rings. The van der Waals surface area contributed by atoms with Crippen molar-refractivity contribution in [2.45, 2.75) is 71.3 Å². The van der Waals surface area contributed by atoms with E-state index in [0.29, 0.717) is 5.92 Å². The number of aryl methyl sites for hydroxylation is 1. The van der Waals surface area contributed by atoms with Crippen LogP contribution in [0.3, 0.4) is 0 Å². The van der Waals surface area contributed by atoms with Gasteiger partial charge in [0.15, 0.2) is 0 Å². The van der Waals surface area contributed by atoms with Gasteiger partial charge in [-0.05, 0) is 57.9 Å². The average molecular weight is 273 g/mol. The molecule has 1 atom stereocenters. The lowest BCUT2D eigenvalue weighted by Crippen LogP contribution is -2.40. The number of nitrogens with one attached hydrogen (secondary N) is 1. The summed E-state index contributed by atoms with van der Waals surface area (Å²) in [4.78, 5) is 0. The third-order valence-corrected chi connectivity index (χ3v) is 4.58. The van der Waals surface area contributed by atoms with Crippen molar-refractivity contribution >= 4 is 0 Å². The highest BCUT2D eigenvalue weighted by Crippen LogP contribution is 2.36. The summed E-state index contributed by atoms with van der Waals surface area (Å²) in [6.07, 6.45) is 7.09. The minimum Gasteiger partial charge on any atom is -0.311 e. The van der Waals surface area contributed by atoms with Crippen LogP contribution in [0.4, 0.5) is 0 Å². The van der Waals surface area contributed by atoms with Gasteiger partial charge in [-0.2, -0.15) is 0 Å². The van der Waals surface area contributed by atoms with Crippen molar-refractivity contribution in [3.63, 3.8) is 0 Å². The van der Waals surface area contributed by atoms with E-state index in [2.05, 4.69) is 57.3 Å². The van der Waals surface area contributed by atoms with E-state index in [1.165, 1.54) is 43.2 Å². The fourth-order valence-electron chi connectivity index (χ4n) is 3.32. The fourth-order valence-corrected chi connectivity index (χ4v) is 3.32. The van der Waals surface area contributed by atoms with Crippen molar-refractivity contribution < 1.29 is 0 Å². The van der Waals surface area contributed by atoms with Crippen LogP contribution in [0.25, 0.3) is 0 Å². The van der Waals surface area contributed by atoms with Crippen LogP contribution in [-0.4, -0.2) is 12.1 Å². The molecule has 0 bridgehead atoms. The van der Waals surface area contributed by atoms with Crippen LogP contribution in [-0.2, 0) is 0 Å². The molecule has 0 heterocycles. The van der Waals surface area contributed by atoms with Gasteiger partial charge in [0, 0.05) is 12.1 Å². The van der Waals surface area contributed by atoms with Crippen molar-refractivity contribution in [1.82, 2.24) is 5.32 Å². The Bertz CT molecular complexity index is 393. The first-order valence-electron chi connectivity index (χ1n) is 8.27. The van der Waals surface area contributed by atoms with Crippen molar-refractivity contribution in [3.8, 4) is 0 Å². The molecule has 1 aliphatic carbocycles. The number of hydrogen-bond donors (Lipinski definition) is 1. The second-order valence-electron chi connectivity index (χ2n) is 7.55. The van der Waals surface area contributed by atoms with Crippen molar-refractivity contribution in [2.24, 2.45) is 5.92 Å². The lowest BCUT2D eigenvalue weighted by atomic mass is 9.76. The monoisotopic (exact) mass is 273 g/mol. The number of hydrogen-bond acceptors (Lipinski definition) is 1. The Morgan fingerprint density at radius 2 is 1.65 bits per heavy atom. The number of rotatable bonds is 4.